The van der Waals surface area contributed by atoms with E-state index in [9.17, 15) is 9.90 Å². The smallest absolute Gasteiger partial charge is 0.315 e. The first-order valence-electron chi connectivity index (χ1n) is 8.29. The fraction of sp³-hybridized carbons (Fsp3) is 0.471. The Morgan fingerprint density at radius 1 is 1.29 bits per heavy atom. The van der Waals surface area contributed by atoms with Gasteiger partial charge in [-0.2, -0.15) is 0 Å². The van der Waals surface area contributed by atoms with Crippen LogP contribution in [0, 0.1) is 6.92 Å². The van der Waals surface area contributed by atoms with Crippen molar-refractivity contribution in [1.82, 2.24) is 25.2 Å². The number of carbonyl (C=O) groups is 1. The summed E-state index contributed by atoms with van der Waals surface area (Å²) in [4.78, 5) is 20.5. The third-order valence-electron chi connectivity index (χ3n) is 4.37. The molecule has 1 fully saturated rings. The first kappa shape index (κ1) is 16.4. The molecular weight excluding hydrogens is 306 g/mol. The molecule has 7 heteroatoms. The topological polar surface area (TPSA) is 92.1 Å². The molecule has 7 nitrogen and oxygen atoms in total. The minimum absolute atomic E-state index is 0.151. The summed E-state index contributed by atoms with van der Waals surface area (Å²) in [7, 11) is 0. The van der Waals surface area contributed by atoms with Gasteiger partial charge in [-0.25, -0.2) is 14.8 Å². The van der Waals surface area contributed by atoms with E-state index in [1.807, 2.05) is 29.8 Å². The Labute approximate surface area is 141 Å². The normalized spacial score (nSPS) is 20.6. The lowest BCUT2D eigenvalue weighted by molar-refractivity contribution is 0.117. The van der Waals surface area contributed by atoms with E-state index in [0.717, 1.165) is 42.9 Å². The molecule has 0 atom stereocenters. The summed E-state index contributed by atoms with van der Waals surface area (Å²) in [5.74, 6) is 1.68. The van der Waals surface area contributed by atoms with Crippen molar-refractivity contribution in [2.24, 2.45) is 0 Å². The summed E-state index contributed by atoms with van der Waals surface area (Å²) in [6.07, 6.45) is 8.31. The number of hydrogen-bond donors (Lipinski definition) is 3. The van der Waals surface area contributed by atoms with Gasteiger partial charge in [-0.1, -0.05) is 6.07 Å². The van der Waals surface area contributed by atoms with Crippen LogP contribution in [0.5, 0.6) is 0 Å². The van der Waals surface area contributed by atoms with Crippen molar-refractivity contribution in [3.63, 3.8) is 0 Å². The lowest BCUT2D eigenvalue weighted by Gasteiger charge is -2.26. The average Bonchev–Trinajstić information content (AvgIpc) is 3.02. The molecule has 0 aromatic carbocycles. The van der Waals surface area contributed by atoms with Gasteiger partial charge in [0.25, 0.3) is 0 Å². The van der Waals surface area contributed by atoms with Gasteiger partial charge in [0.05, 0.1) is 6.10 Å². The van der Waals surface area contributed by atoms with Crippen molar-refractivity contribution in [2.75, 3.05) is 0 Å². The van der Waals surface area contributed by atoms with Crippen LogP contribution in [-0.4, -0.2) is 37.8 Å². The second kappa shape index (κ2) is 7.44. The summed E-state index contributed by atoms with van der Waals surface area (Å²) in [6, 6.07) is 3.83. The van der Waals surface area contributed by atoms with E-state index in [0.29, 0.717) is 6.54 Å². The van der Waals surface area contributed by atoms with E-state index in [1.165, 1.54) is 0 Å². The van der Waals surface area contributed by atoms with E-state index in [-0.39, 0.29) is 18.2 Å². The maximum absolute atomic E-state index is 11.9. The Hall–Kier alpha value is -2.41. The number of amides is 2. The molecule has 3 N–H and O–H groups in total. The van der Waals surface area contributed by atoms with E-state index < -0.39 is 0 Å². The van der Waals surface area contributed by atoms with Gasteiger partial charge in [0.1, 0.15) is 11.6 Å². The minimum atomic E-state index is -0.213. The molecule has 128 valence electrons. The molecule has 0 spiro atoms. The molecule has 2 aromatic rings. The molecule has 1 aliphatic carbocycles. The van der Waals surface area contributed by atoms with Crippen LogP contribution in [-0.2, 0) is 6.54 Å². The van der Waals surface area contributed by atoms with Crippen molar-refractivity contribution in [3.05, 3.63) is 42.1 Å². The summed E-state index contributed by atoms with van der Waals surface area (Å²) in [6.45, 7) is 2.35. The number of aryl methyl sites for hydroxylation is 1. The Bertz CT molecular complexity index is 675. The molecule has 0 aliphatic heterocycles. The van der Waals surface area contributed by atoms with Gasteiger partial charge in [-0.3, -0.25) is 4.57 Å². The van der Waals surface area contributed by atoms with E-state index in [2.05, 4.69) is 20.6 Å². The SMILES string of the molecule is Cc1nccn1-c1ccc(CNC(=O)NC2CCC(O)CC2)cn1. The molecule has 1 saturated carbocycles. The Morgan fingerprint density at radius 2 is 2.08 bits per heavy atom. The first-order chi connectivity index (χ1) is 11.6. The van der Waals surface area contributed by atoms with Crippen LogP contribution >= 0.6 is 0 Å². The monoisotopic (exact) mass is 329 g/mol. The largest absolute Gasteiger partial charge is 0.393 e. The van der Waals surface area contributed by atoms with Gasteiger partial charge < -0.3 is 15.7 Å². The summed E-state index contributed by atoms with van der Waals surface area (Å²) in [5, 5.41) is 15.3. The van der Waals surface area contributed by atoms with Crippen LogP contribution in [0.15, 0.2) is 30.7 Å². The molecule has 24 heavy (non-hydrogen) atoms. The van der Waals surface area contributed by atoms with Gasteiger partial charge in [-0.05, 0) is 44.2 Å². The number of nitrogens with one attached hydrogen (secondary N) is 2. The maximum atomic E-state index is 11.9. The zero-order valence-corrected chi connectivity index (χ0v) is 13.8. The molecule has 0 unspecified atom stereocenters. The maximum Gasteiger partial charge on any atom is 0.315 e. The number of aliphatic hydroxyl groups excluding tert-OH is 1. The molecule has 3 rings (SSSR count). The van der Waals surface area contributed by atoms with E-state index in [1.54, 1.807) is 12.4 Å². The summed E-state index contributed by atoms with van der Waals surface area (Å²) >= 11 is 0. The third-order valence-corrected chi connectivity index (χ3v) is 4.37. The standard InChI is InChI=1S/C17H23N5O2/c1-12-18-8-9-22(12)16-7-2-13(10-19-16)11-20-17(24)21-14-3-5-15(23)6-4-14/h2,7-10,14-15,23H,3-6,11H2,1H3,(H2,20,21,24). The average molecular weight is 329 g/mol. The molecule has 0 saturated heterocycles. The second-order valence-corrected chi connectivity index (χ2v) is 6.20. The van der Waals surface area contributed by atoms with Gasteiger partial charge in [0.15, 0.2) is 0 Å². The van der Waals surface area contributed by atoms with Crippen molar-refractivity contribution in [2.45, 2.75) is 51.3 Å². The molecule has 2 heterocycles. The lowest BCUT2D eigenvalue weighted by Crippen LogP contribution is -2.43. The van der Waals surface area contributed by atoms with Crippen LogP contribution in [0.1, 0.15) is 37.1 Å². The highest BCUT2D eigenvalue weighted by molar-refractivity contribution is 5.74. The van der Waals surface area contributed by atoms with Crippen LogP contribution in [0.25, 0.3) is 5.82 Å². The van der Waals surface area contributed by atoms with E-state index in [4.69, 9.17) is 0 Å². The van der Waals surface area contributed by atoms with Crippen LogP contribution in [0.4, 0.5) is 4.79 Å². The van der Waals surface area contributed by atoms with Gasteiger partial charge in [0, 0.05) is 31.2 Å². The Morgan fingerprint density at radius 3 is 2.71 bits per heavy atom. The highest BCUT2D eigenvalue weighted by Gasteiger charge is 2.20. The van der Waals surface area contributed by atoms with Crippen molar-refractivity contribution in [1.29, 1.82) is 0 Å². The molecule has 2 amide bonds. The quantitative estimate of drug-likeness (QED) is 0.796. The number of aromatic nitrogens is 3. The number of aliphatic hydroxyl groups is 1. The second-order valence-electron chi connectivity index (χ2n) is 6.20. The minimum Gasteiger partial charge on any atom is -0.393 e. The number of urea groups is 1. The molecule has 0 radical (unpaired) electrons. The van der Waals surface area contributed by atoms with Crippen molar-refractivity contribution in [3.8, 4) is 5.82 Å². The predicted octanol–water partition coefficient (Wildman–Crippen LogP) is 1.68. The van der Waals surface area contributed by atoms with Crippen LogP contribution in [0.3, 0.4) is 0 Å². The van der Waals surface area contributed by atoms with Crippen molar-refractivity contribution < 1.29 is 9.90 Å². The number of imidazole rings is 1. The van der Waals surface area contributed by atoms with Gasteiger partial charge in [-0.15, -0.1) is 0 Å². The Balaban J connectivity index is 1.48. The highest BCUT2D eigenvalue weighted by atomic mass is 16.3. The van der Waals surface area contributed by atoms with Crippen LogP contribution < -0.4 is 10.6 Å². The number of hydrogen-bond acceptors (Lipinski definition) is 4. The molecule has 0 bridgehead atoms. The number of rotatable bonds is 4. The van der Waals surface area contributed by atoms with Crippen LogP contribution in [0.2, 0.25) is 0 Å². The summed E-state index contributed by atoms with van der Waals surface area (Å²) in [5.41, 5.74) is 0.936. The fourth-order valence-electron chi connectivity index (χ4n) is 2.92. The first-order valence-corrected chi connectivity index (χ1v) is 8.29. The lowest BCUT2D eigenvalue weighted by atomic mass is 9.93. The van der Waals surface area contributed by atoms with E-state index >= 15 is 0 Å². The molecule has 1 aliphatic rings. The third kappa shape index (κ3) is 4.11. The predicted molar refractivity (Wildman–Crippen MR) is 89.7 cm³/mol. The number of carbonyl (C=O) groups excluding carboxylic acids is 1. The Kier molecular flexibility index (Phi) is 5.10. The summed E-state index contributed by atoms with van der Waals surface area (Å²) < 4.78 is 1.90. The molecular formula is C17H23N5O2. The highest BCUT2D eigenvalue weighted by Crippen LogP contribution is 2.18. The number of nitrogens with zero attached hydrogens (tertiary/aromatic N) is 3. The van der Waals surface area contributed by atoms with Gasteiger partial charge in [0.2, 0.25) is 0 Å². The zero-order valence-electron chi connectivity index (χ0n) is 13.8. The molecule has 2 aromatic heterocycles. The zero-order chi connectivity index (χ0) is 16.9. The van der Waals surface area contributed by atoms with Crippen molar-refractivity contribution >= 4 is 6.03 Å². The van der Waals surface area contributed by atoms with Gasteiger partial charge >= 0.3 is 6.03 Å². The number of pyridine rings is 1. The fourth-order valence-corrected chi connectivity index (χ4v) is 2.92.